The highest BCUT2D eigenvalue weighted by atomic mass is 35.5. The Bertz CT molecular complexity index is 578. The SMILES string of the molecule is COc1cc(CC(Cl)c2ccc(Cl)c(Cl)c2)ncn1. The molecule has 0 radical (unpaired) electrons. The van der Waals surface area contributed by atoms with E-state index in [0.29, 0.717) is 22.3 Å². The van der Waals surface area contributed by atoms with Gasteiger partial charge in [-0.2, -0.15) is 0 Å². The van der Waals surface area contributed by atoms with Crippen molar-refractivity contribution in [2.45, 2.75) is 11.8 Å². The third-order valence-corrected chi connectivity index (χ3v) is 3.75. The molecule has 1 unspecified atom stereocenters. The fourth-order valence-electron chi connectivity index (χ4n) is 1.61. The first-order chi connectivity index (χ1) is 9.10. The van der Waals surface area contributed by atoms with Gasteiger partial charge >= 0.3 is 0 Å². The van der Waals surface area contributed by atoms with Gasteiger partial charge in [0.15, 0.2) is 0 Å². The molecule has 1 aromatic heterocycles. The van der Waals surface area contributed by atoms with Gasteiger partial charge in [0.1, 0.15) is 6.33 Å². The number of aromatic nitrogens is 2. The predicted molar refractivity (Wildman–Crippen MR) is 77.3 cm³/mol. The molecule has 0 spiro atoms. The lowest BCUT2D eigenvalue weighted by atomic mass is 10.1. The van der Waals surface area contributed by atoms with Gasteiger partial charge in [0.25, 0.3) is 0 Å². The molecule has 0 aliphatic carbocycles. The summed E-state index contributed by atoms with van der Waals surface area (Å²) in [5.41, 5.74) is 1.70. The molecule has 2 aromatic rings. The van der Waals surface area contributed by atoms with Gasteiger partial charge < -0.3 is 4.74 Å². The summed E-state index contributed by atoms with van der Waals surface area (Å²) in [6.07, 6.45) is 2.00. The Balaban J connectivity index is 2.15. The molecule has 0 aliphatic rings. The van der Waals surface area contributed by atoms with Gasteiger partial charge in [-0.3, -0.25) is 0 Å². The van der Waals surface area contributed by atoms with E-state index < -0.39 is 0 Å². The summed E-state index contributed by atoms with van der Waals surface area (Å²) >= 11 is 18.2. The quantitative estimate of drug-likeness (QED) is 0.788. The molecule has 0 bridgehead atoms. The van der Waals surface area contributed by atoms with Crippen LogP contribution in [0.1, 0.15) is 16.6 Å². The van der Waals surface area contributed by atoms with Crippen molar-refractivity contribution in [1.29, 1.82) is 0 Å². The zero-order valence-corrected chi connectivity index (χ0v) is 12.4. The van der Waals surface area contributed by atoms with E-state index in [1.807, 2.05) is 6.07 Å². The molecular weight excluding hydrogens is 307 g/mol. The van der Waals surface area contributed by atoms with Gasteiger partial charge in [-0.05, 0) is 17.7 Å². The molecule has 0 N–H and O–H groups in total. The summed E-state index contributed by atoms with van der Waals surface area (Å²) in [5, 5.41) is 0.762. The monoisotopic (exact) mass is 316 g/mol. The van der Waals surface area contributed by atoms with Crippen molar-refractivity contribution < 1.29 is 4.74 Å². The molecule has 3 nitrogen and oxygen atoms in total. The van der Waals surface area contributed by atoms with Crippen LogP contribution in [0.15, 0.2) is 30.6 Å². The van der Waals surface area contributed by atoms with Gasteiger partial charge in [-0.15, -0.1) is 11.6 Å². The molecule has 100 valence electrons. The van der Waals surface area contributed by atoms with Crippen LogP contribution < -0.4 is 4.74 Å². The third-order valence-electron chi connectivity index (χ3n) is 2.60. The van der Waals surface area contributed by atoms with E-state index >= 15 is 0 Å². The van der Waals surface area contributed by atoms with Gasteiger partial charge in [-0.25, -0.2) is 9.97 Å². The molecule has 1 atom stereocenters. The molecule has 0 amide bonds. The number of methoxy groups -OCH3 is 1. The van der Waals surface area contributed by atoms with Crippen molar-refractivity contribution in [3.8, 4) is 5.88 Å². The van der Waals surface area contributed by atoms with Gasteiger partial charge in [0.05, 0.1) is 22.5 Å². The average molecular weight is 318 g/mol. The number of halogens is 3. The molecule has 1 aromatic carbocycles. The van der Waals surface area contributed by atoms with E-state index in [-0.39, 0.29) is 5.38 Å². The van der Waals surface area contributed by atoms with Crippen molar-refractivity contribution >= 4 is 34.8 Å². The third kappa shape index (κ3) is 3.72. The lowest BCUT2D eigenvalue weighted by Crippen LogP contribution is -2.00. The van der Waals surface area contributed by atoms with E-state index in [9.17, 15) is 0 Å². The van der Waals surface area contributed by atoms with Crippen molar-refractivity contribution in [1.82, 2.24) is 9.97 Å². The van der Waals surface area contributed by atoms with Crippen LogP contribution in [-0.4, -0.2) is 17.1 Å². The van der Waals surface area contributed by atoms with E-state index in [2.05, 4.69) is 9.97 Å². The predicted octanol–water partition coefficient (Wildman–Crippen LogP) is 4.31. The Morgan fingerprint density at radius 3 is 2.63 bits per heavy atom. The van der Waals surface area contributed by atoms with Crippen LogP contribution in [0.5, 0.6) is 5.88 Å². The maximum Gasteiger partial charge on any atom is 0.216 e. The Hall–Kier alpha value is -1.03. The van der Waals surface area contributed by atoms with E-state index in [0.717, 1.165) is 11.3 Å². The highest BCUT2D eigenvalue weighted by molar-refractivity contribution is 6.42. The first kappa shape index (κ1) is 14.4. The largest absolute Gasteiger partial charge is 0.481 e. The Morgan fingerprint density at radius 1 is 1.16 bits per heavy atom. The molecule has 6 heteroatoms. The molecular formula is C13H11Cl3N2O. The minimum atomic E-state index is -0.241. The molecule has 1 heterocycles. The summed E-state index contributed by atoms with van der Waals surface area (Å²) in [4.78, 5) is 8.11. The smallest absolute Gasteiger partial charge is 0.216 e. The lowest BCUT2D eigenvalue weighted by Gasteiger charge is -2.10. The topological polar surface area (TPSA) is 35.0 Å². The molecule has 2 rings (SSSR count). The van der Waals surface area contributed by atoms with Crippen LogP contribution in [0.2, 0.25) is 10.0 Å². The molecule has 0 fully saturated rings. The van der Waals surface area contributed by atoms with Crippen LogP contribution in [0, 0.1) is 0 Å². The van der Waals surface area contributed by atoms with Crippen molar-refractivity contribution in [2.24, 2.45) is 0 Å². The molecule has 0 saturated heterocycles. The van der Waals surface area contributed by atoms with Crippen LogP contribution in [0.3, 0.4) is 0 Å². The van der Waals surface area contributed by atoms with Crippen LogP contribution in [0.25, 0.3) is 0 Å². The number of hydrogen-bond acceptors (Lipinski definition) is 3. The van der Waals surface area contributed by atoms with Crippen LogP contribution in [-0.2, 0) is 6.42 Å². The normalized spacial score (nSPS) is 12.2. The highest BCUT2D eigenvalue weighted by Crippen LogP contribution is 2.30. The average Bonchev–Trinajstić information content (AvgIpc) is 2.42. The highest BCUT2D eigenvalue weighted by Gasteiger charge is 2.12. The van der Waals surface area contributed by atoms with E-state index in [1.54, 1.807) is 25.3 Å². The summed E-state index contributed by atoms with van der Waals surface area (Å²) in [6.45, 7) is 0. The second kappa shape index (κ2) is 6.42. The molecule has 0 saturated carbocycles. The number of rotatable bonds is 4. The van der Waals surface area contributed by atoms with Gasteiger partial charge in [-0.1, -0.05) is 29.3 Å². The van der Waals surface area contributed by atoms with Gasteiger partial charge in [0, 0.05) is 18.2 Å². The minimum Gasteiger partial charge on any atom is -0.481 e. The lowest BCUT2D eigenvalue weighted by molar-refractivity contribution is 0.396. The Morgan fingerprint density at radius 2 is 1.95 bits per heavy atom. The Labute approximate surface area is 126 Å². The van der Waals surface area contributed by atoms with Gasteiger partial charge in [0.2, 0.25) is 5.88 Å². The van der Waals surface area contributed by atoms with Crippen molar-refractivity contribution in [3.05, 3.63) is 51.9 Å². The fourth-order valence-corrected chi connectivity index (χ4v) is 2.21. The maximum atomic E-state index is 6.36. The van der Waals surface area contributed by atoms with Crippen molar-refractivity contribution in [2.75, 3.05) is 7.11 Å². The number of hydrogen-bond donors (Lipinski definition) is 0. The Kier molecular flexibility index (Phi) is 4.86. The molecule has 19 heavy (non-hydrogen) atoms. The van der Waals surface area contributed by atoms with Crippen LogP contribution >= 0.6 is 34.8 Å². The maximum absolute atomic E-state index is 6.36. The number of alkyl halides is 1. The van der Waals surface area contributed by atoms with E-state index in [1.165, 1.54) is 6.33 Å². The minimum absolute atomic E-state index is 0.241. The molecule has 0 aliphatic heterocycles. The summed E-state index contributed by atoms with van der Waals surface area (Å²) in [7, 11) is 1.56. The first-order valence-electron chi connectivity index (χ1n) is 5.54. The first-order valence-corrected chi connectivity index (χ1v) is 6.73. The second-order valence-corrected chi connectivity index (χ2v) is 5.24. The van der Waals surface area contributed by atoms with Crippen molar-refractivity contribution in [3.63, 3.8) is 0 Å². The number of ether oxygens (including phenoxy) is 1. The zero-order chi connectivity index (χ0) is 13.8. The second-order valence-electron chi connectivity index (χ2n) is 3.90. The number of benzene rings is 1. The fraction of sp³-hybridized carbons (Fsp3) is 0.231. The zero-order valence-electron chi connectivity index (χ0n) is 10.1. The standard InChI is InChI=1S/C13H11Cl3N2O/c1-19-13-6-9(17-7-18-13)5-11(15)8-2-3-10(14)12(16)4-8/h2-4,6-7,11H,5H2,1H3. The summed E-state index contributed by atoms with van der Waals surface area (Å²) < 4.78 is 5.04. The summed E-state index contributed by atoms with van der Waals surface area (Å²) in [5.74, 6) is 0.517. The van der Waals surface area contributed by atoms with E-state index in [4.69, 9.17) is 39.5 Å². The number of nitrogens with zero attached hydrogens (tertiary/aromatic N) is 2. The van der Waals surface area contributed by atoms with Crippen LogP contribution in [0.4, 0.5) is 0 Å². The summed E-state index contributed by atoms with van der Waals surface area (Å²) in [6, 6.07) is 7.10.